The smallest absolute Gasteiger partial charge is 0.410 e. The molecule has 1 fully saturated rings. The Kier molecular flexibility index (Phi) is 4.59. The lowest BCUT2D eigenvalue weighted by Gasteiger charge is -2.33. The van der Waals surface area contributed by atoms with Crippen molar-refractivity contribution in [3.05, 3.63) is 34.9 Å². The van der Waals surface area contributed by atoms with E-state index in [0.29, 0.717) is 5.92 Å². The quantitative estimate of drug-likeness (QED) is 0.766. The molecule has 0 bridgehead atoms. The molecule has 0 saturated carbocycles. The normalized spacial score (nSPS) is 17.1. The van der Waals surface area contributed by atoms with Gasteiger partial charge in [0.2, 0.25) is 0 Å². The third-order valence-electron chi connectivity index (χ3n) is 3.47. The number of carbonyl (C=O) groups is 1. The predicted molar refractivity (Wildman–Crippen MR) is 81.2 cm³/mol. The summed E-state index contributed by atoms with van der Waals surface area (Å²) >= 11 is 6.03. The van der Waals surface area contributed by atoms with Crippen LogP contribution in [0.25, 0.3) is 0 Å². The highest BCUT2D eigenvalue weighted by Crippen LogP contribution is 2.30. The Morgan fingerprint density at radius 2 is 1.95 bits per heavy atom. The second-order valence-electron chi connectivity index (χ2n) is 6.30. The number of likely N-dealkylation sites (tertiary alicyclic amines) is 1. The van der Waals surface area contributed by atoms with Crippen molar-refractivity contribution in [2.45, 2.75) is 45.1 Å². The Morgan fingerprint density at radius 3 is 2.50 bits per heavy atom. The van der Waals surface area contributed by atoms with Gasteiger partial charge in [-0.1, -0.05) is 23.7 Å². The fourth-order valence-electron chi connectivity index (χ4n) is 2.48. The number of nitrogens with zero attached hydrogens (tertiary/aromatic N) is 1. The van der Waals surface area contributed by atoms with Gasteiger partial charge in [0, 0.05) is 18.1 Å². The number of ether oxygens (including phenoxy) is 1. The molecule has 1 saturated heterocycles. The summed E-state index contributed by atoms with van der Waals surface area (Å²) in [6, 6.07) is 8.01. The van der Waals surface area contributed by atoms with Crippen LogP contribution < -0.4 is 0 Å². The number of benzene rings is 1. The van der Waals surface area contributed by atoms with Crippen molar-refractivity contribution < 1.29 is 9.53 Å². The van der Waals surface area contributed by atoms with Gasteiger partial charge in [-0.25, -0.2) is 4.79 Å². The monoisotopic (exact) mass is 295 g/mol. The number of piperidine rings is 1. The lowest BCUT2D eigenvalue weighted by Crippen LogP contribution is -2.41. The third-order valence-corrected chi connectivity index (χ3v) is 3.70. The van der Waals surface area contributed by atoms with Gasteiger partial charge in [-0.15, -0.1) is 0 Å². The van der Waals surface area contributed by atoms with E-state index in [2.05, 4.69) is 6.07 Å². The Labute approximate surface area is 125 Å². The summed E-state index contributed by atoms with van der Waals surface area (Å²) in [7, 11) is 0. The highest BCUT2D eigenvalue weighted by atomic mass is 35.5. The number of hydrogen-bond acceptors (Lipinski definition) is 2. The fourth-order valence-corrected chi connectivity index (χ4v) is 2.68. The van der Waals surface area contributed by atoms with Gasteiger partial charge in [0.25, 0.3) is 0 Å². The minimum Gasteiger partial charge on any atom is -0.444 e. The van der Waals surface area contributed by atoms with Crippen LogP contribution in [0, 0.1) is 0 Å². The largest absolute Gasteiger partial charge is 0.444 e. The SMILES string of the molecule is CC(C)(C)OC(=O)N1CCC(c2cccc(Cl)c2)CC1. The van der Waals surface area contributed by atoms with Crippen molar-refractivity contribution in [3.63, 3.8) is 0 Å². The molecule has 110 valence electrons. The molecule has 1 aliphatic rings. The number of carbonyl (C=O) groups excluding carboxylic acids is 1. The van der Waals surface area contributed by atoms with Gasteiger partial charge in [-0.3, -0.25) is 0 Å². The first-order valence-electron chi connectivity index (χ1n) is 7.08. The molecule has 1 aliphatic heterocycles. The zero-order valence-electron chi connectivity index (χ0n) is 12.4. The lowest BCUT2D eigenvalue weighted by molar-refractivity contribution is 0.0205. The lowest BCUT2D eigenvalue weighted by atomic mass is 9.90. The van der Waals surface area contributed by atoms with E-state index in [0.717, 1.165) is 31.0 Å². The van der Waals surface area contributed by atoms with E-state index in [4.69, 9.17) is 16.3 Å². The van der Waals surface area contributed by atoms with Gasteiger partial charge in [0.1, 0.15) is 5.60 Å². The fraction of sp³-hybridized carbons (Fsp3) is 0.562. The highest BCUT2D eigenvalue weighted by Gasteiger charge is 2.27. The summed E-state index contributed by atoms with van der Waals surface area (Å²) in [6.07, 6.45) is 1.71. The summed E-state index contributed by atoms with van der Waals surface area (Å²) in [5.74, 6) is 0.479. The van der Waals surface area contributed by atoms with Crippen LogP contribution in [0.3, 0.4) is 0 Å². The van der Waals surface area contributed by atoms with E-state index in [1.807, 2.05) is 39.0 Å². The van der Waals surface area contributed by atoms with Crippen molar-refractivity contribution in [1.82, 2.24) is 4.90 Å². The van der Waals surface area contributed by atoms with Crippen LogP contribution >= 0.6 is 11.6 Å². The molecular weight excluding hydrogens is 274 g/mol. The standard InChI is InChI=1S/C16H22ClNO2/c1-16(2,3)20-15(19)18-9-7-12(8-10-18)13-5-4-6-14(17)11-13/h4-6,11-12H,7-10H2,1-3H3. The van der Waals surface area contributed by atoms with Crippen molar-refractivity contribution in [3.8, 4) is 0 Å². The zero-order valence-corrected chi connectivity index (χ0v) is 13.1. The van der Waals surface area contributed by atoms with Crippen LogP contribution in [0.4, 0.5) is 4.79 Å². The first-order valence-corrected chi connectivity index (χ1v) is 7.46. The highest BCUT2D eigenvalue weighted by molar-refractivity contribution is 6.30. The molecular formula is C16H22ClNO2. The van der Waals surface area contributed by atoms with Crippen LogP contribution in [0.5, 0.6) is 0 Å². The minimum absolute atomic E-state index is 0.206. The maximum absolute atomic E-state index is 12.0. The molecule has 1 amide bonds. The summed E-state index contributed by atoms with van der Waals surface area (Å²) in [5.41, 5.74) is 0.835. The molecule has 1 aromatic carbocycles. The number of amides is 1. The maximum Gasteiger partial charge on any atom is 0.410 e. The van der Waals surface area contributed by atoms with Crippen LogP contribution in [-0.4, -0.2) is 29.7 Å². The molecule has 0 unspecified atom stereocenters. The van der Waals surface area contributed by atoms with E-state index in [1.54, 1.807) is 4.90 Å². The number of halogens is 1. The van der Waals surface area contributed by atoms with Crippen LogP contribution in [0.2, 0.25) is 5.02 Å². The minimum atomic E-state index is -0.430. The molecule has 0 aliphatic carbocycles. The van der Waals surface area contributed by atoms with Gasteiger partial charge in [-0.05, 0) is 57.2 Å². The van der Waals surface area contributed by atoms with Gasteiger partial charge >= 0.3 is 6.09 Å². The summed E-state index contributed by atoms with van der Waals surface area (Å²) < 4.78 is 5.40. The number of rotatable bonds is 1. The Balaban J connectivity index is 1.91. The molecule has 3 nitrogen and oxygen atoms in total. The molecule has 4 heteroatoms. The van der Waals surface area contributed by atoms with E-state index in [9.17, 15) is 4.79 Å². The summed E-state index contributed by atoms with van der Waals surface area (Å²) in [5, 5.41) is 0.775. The molecule has 0 N–H and O–H groups in total. The second kappa shape index (κ2) is 6.04. The van der Waals surface area contributed by atoms with Crippen LogP contribution in [0.1, 0.15) is 45.1 Å². The predicted octanol–water partition coefficient (Wildman–Crippen LogP) is 4.45. The first-order chi connectivity index (χ1) is 9.35. The van der Waals surface area contributed by atoms with Crippen molar-refractivity contribution >= 4 is 17.7 Å². The van der Waals surface area contributed by atoms with E-state index in [1.165, 1.54) is 5.56 Å². The van der Waals surface area contributed by atoms with Gasteiger partial charge in [0.05, 0.1) is 0 Å². The van der Waals surface area contributed by atoms with E-state index in [-0.39, 0.29) is 6.09 Å². The molecule has 0 aromatic heterocycles. The van der Waals surface area contributed by atoms with Crippen molar-refractivity contribution in [2.75, 3.05) is 13.1 Å². The zero-order chi connectivity index (χ0) is 14.8. The molecule has 0 radical (unpaired) electrons. The van der Waals surface area contributed by atoms with Crippen molar-refractivity contribution in [1.29, 1.82) is 0 Å². The Bertz CT molecular complexity index is 474. The topological polar surface area (TPSA) is 29.5 Å². The molecule has 0 spiro atoms. The molecule has 1 aromatic rings. The average Bonchev–Trinajstić information content (AvgIpc) is 2.37. The molecule has 0 atom stereocenters. The van der Waals surface area contributed by atoms with E-state index < -0.39 is 5.60 Å². The van der Waals surface area contributed by atoms with Gasteiger partial charge in [-0.2, -0.15) is 0 Å². The van der Waals surface area contributed by atoms with Crippen molar-refractivity contribution in [2.24, 2.45) is 0 Å². The summed E-state index contributed by atoms with van der Waals surface area (Å²) in [6.45, 7) is 7.16. The molecule has 1 heterocycles. The second-order valence-corrected chi connectivity index (χ2v) is 6.73. The van der Waals surface area contributed by atoms with Crippen LogP contribution in [-0.2, 0) is 4.74 Å². The Hall–Kier alpha value is -1.22. The summed E-state index contributed by atoms with van der Waals surface area (Å²) in [4.78, 5) is 13.8. The maximum atomic E-state index is 12.0. The molecule has 2 rings (SSSR count). The Morgan fingerprint density at radius 1 is 1.30 bits per heavy atom. The van der Waals surface area contributed by atoms with Crippen LogP contribution in [0.15, 0.2) is 24.3 Å². The van der Waals surface area contributed by atoms with Gasteiger partial charge < -0.3 is 9.64 Å². The van der Waals surface area contributed by atoms with Gasteiger partial charge in [0.15, 0.2) is 0 Å². The number of hydrogen-bond donors (Lipinski definition) is 0. The third kappa shape index (κ3) is 4.14. The van der Waals surface area contributed by atoms with E-state index >= 15 is 0 Å². The average molecular weight is 296 g/mol. The molecule has 20 heavy (non-hydrogen) atoms. The first kappa shape index (κ1) is 15.2.